The number of hydrogen-bond acceptors (Lipinski definition) is 6. The lowest BCUT2D eigenvalue weighted by atomic mass is 9.85. The smallest absolute Gasteiger partial charge is 0.324 e. The van der Waals surface area contributed by atoms with E-state index < -0.39 is 51.5 Å². The highest BCUT2D eigenvalue weighted by Gasteiger charge is 2.35. The van der Waals surface area contributed by atoms with Gasteiger partial charge in [-0.3, -0.25) is 9.78 Å². The predicted octanol–water partition coefficient (Wildman–Crippen LogP) is 5.59. The number of benzene rings is 3. The number of halogens is 5. The number of rotatable bonds is 10. The summed E-state index contributed by atoms with van der Waals surface area (Å²) in [5, 5.41) is 6.23. The van der Waals surface area contributed by atoms with Gasteiger partial charge in [-0.15, -0.1) is 0 Å². The molecular weight excluding hydrogens is 658 g/mol. The molecule has 47 heavy (non-hydrogen) atoms. The number of sulfonamides is 1. The predicted molar refractivity (Wildman–Crippen MR) is 171 cm³/mol. The number of piperazine rings is 1. The van der Waals surface area contributed by atoms with E-state index in [-0.39, 0.29) is 41.1 Å². The van der Waals surface area contributed by atoms with Crippen LogP contribution in [0.15, 0.2) is 96.2 Å². The fraction of sp³-hybridized carbons (Fsp3) is 0.273. The van der Waals surface area contributed by atoms with Gasteiger partial charge in [0.1, 0.15) is 5.82 Å². The number of alkyl halides is 3. The van der Waals surface area contributed by atoms with Crippen molar-refractivity contribution in [3.05, 3.63) is 124 Å². The number of carbonyl (C=O) groups excluding carboxylic acids is 1. The SMILES string of the molecule is N[C@H](C(=O)Nc1cccc(F)c1CC[C@H]1CNCCN1S(=O)(=O)c1ccccc1)[C@@H](c1ccc(Cl)cc1)c1cncc(C(F)(F)F)c1. The third-order valence-corrected chi connectivity index (χ3v) is 10.3. The highest BCUT2D eigenvalue weighted by Crippen LogP contribution is 2.34. The number of hydrogen-bond donors (Lipinski definition) is 3. The van der Waals surface area contributed by atoms with Crippen LogP contribution in [0.3, 0.4) is 0 Å². The Hall–Kier alpha value is -3.88. The maximum Gasteiger partial charge on any atom is 0.417 e. The summed E-state index contributed by atoms with van der Waals surface area (Å²) in [7, 11) is -3.81. The van der Waals surface area contributed by atoms with Gasteiger partial charge in [0, 0.05) is 60.3 Å². The summed E-state index contributed by atoms with van der Waals surface area (Å²) >= 11 is 6.03. The van der Waals surface area contributed by atoms with Crippen LogP contribution in [-0.4, -0.2) is 55.3 Å². The molecule has 5 rings (SSSR count). The second-order valence-corrected chi connectivity index (χ2v) is 13.5. The number of anilines is 1. The first-order valence-electron chi connectivity index (χ1n) is 14.8. The Bertz CT molecular complexity index is 1810. The third kappa shape index (κ3) is 7.99. The van der Waals surface area contributed by atoms with Crippen molar-refractivity contribution in [1.82, 2.24) is 14.6 Å². The van der Waals surface area contributed by atoms with Crippen LogP contribution in [0.4, 0.5) is 23.2 Å². The molecule has 1 amide bonds. The molecule has 1 aliphatic rings. The van der Waals surface area contributed by atoms with Gasteiger partial charge in [0.25, 0.3) is 0 Å². The molecule has 1 saturated heterocycles. The van der Waals surface area contributed by atoms with Gasteiger partial charge >= 0.3 is 6.18 Å². The fourth-order valence-corrected chi connectivity index (χ4v) is 7.50. The maximum atomic E-state index is 15.3. The molecule has 8 nitrogen and oxygen atoms in total. The Morgan fingerprint density at radius 1 is 1.04 bits per heavy atom. The van der Waals surface area contributed by atoms with Crippen LogP contribution < -0.4 is 16.4 Å². The summed E-state index contributed by atoms with van der Waals surface area (Å²) in [5.74, 6) is -2.46. The molecule has 1 aromatic heterocycles. The van der Waals surface area contributed by atoms with Crippen LogP contribution in [0, 0.1) is 5.82 Å². The van der Waals surface area contributed by atoms with Crippen molar-refractivity contribution in [3.8, 4) is 0 Å². The number of nitrogens with one attached hydrogen (secondary N) is 2. The van der Waals surface area contributed by atoms with Crippen molar-refractivity contribution >= 4 is 33.2 Å². The lowest BCUT2D eigenvalue weighted by Crippen LogP contribution is -2.53. The maximum absolute atomic E-state index is 15.3. The molecule has 1 aliphatic heterocycles. The standard InChI is InChI=1S/C33H32ClF4N5O3S/c34-24-11-9-21(10-12-24)30(22-17-23(19-41-18-22)33(36,37)38)31(39)32(44)42-29-8-4-7-28(35)27(29)14-13-25-20-40-15-16-43(25)47(45,46)26-5-2-1-3-6-26/h1-12,17-19,25,30-31,40H,13-16,20,39H2,(H,42,44)/t25-,30-,31-/m0/s1. The molecule has 248 valence electrons. The van der Waals surface area contributed by atoms with Crippen LogP contribution in [0.25, 0.3) is 0 Å². The lowest BCUT2D eigenvalue weighted by molar-refractivity contribution is -0.137. The lowest BCUT2D eigenvalue weighted by Gasteiger charge is -2.35. The van der Waals surface area contributed by atoms with Gasteiger partial charge in [0.2, 0.25) is 15.9 Å². The molecule has 4 N–H and O–H groups in total. The van der Waals surface area contributed by atoms with Gasteiger partial charge in [-0.05, 0) is 66.4 Å². The van der Waals surface area contributed by atoms with Crippen molar-refractivity contribution in [2.75, 3.05) is 25.0 Å². The highest BCUT2D eigenvalue weighted by atomic mass is 35.5. The molecule has 0 spiro atoms. The van der Waals surface area contributed by atoms with Crippen molar-refractivity contribution < 1.29 is 30.8 Å². The summed E-state index contributed by atoms with van der Waals surface area (Å²) in [6, 6.07) is 17.3. The molecule has 4 aromatic rings. The average Bonchev–Trinajstić information content (AvgIpc) is 3.05. The van der Waals surface area contributed by atoms with Crippen LogP contribution in [-0.2, 0) is 27.4 Å². The van der Waals surface area contributed by atoms with Gasteiger partial charge in [0.15, 0.2) is 0 Å². The zero-order valence-corrected chi connectivity index (χ0v) is 26.5. The zero-order chi connectivity index (χ0) is 33.8. The summed E-state index contributed by atoms with van der Waals surface area (Å²) in [5.41, 5.74) is 6.16. The van der Waals surface area contributed by atoms with Crippen molar-refractivity contribution in [1.29, 1.82) is 0 Å². The Kier molecular flexibility index (Phi) is 10.6. The monoisotopic (exact) mass is 689 g/mol. The highest BCUT2D eigenvalue weighted by molar-refractivity contribution is 7.89. The summed E-state index contributed by atoms with van der Waals surface area (Å²) in [6.07, 6.45) is -2.48. The molecule has 1 fully saturated rings. The zero-order valence-electron chi connectivity index (χ0n) is 24.9. The summed E-state index contributed by atoms with van der Waals surface area (Å²) < 4.78 is 84.2. The second-order valence-electron chi connectivity index (χ2n) is 11.1. The topological polar surface area (TPSA) is 117 Å². The summed E-state index contributed by atoms with van der Waals surface area (Å²) in [4.78, 5) is 17.5. The normalized spacial score (nSPS) is 17.2. The van der Waals surface area contributed by atoms with E-state index in [2.05, 4.69) is 15.6 Å². The largest absolute Gasteiger partial charge is 0.417 e. The number of nitrogens with zero attached hydrogens (tertiary/aromatic N) is 2. The van der Waals surface area contributed by atoms with E-state index in [1.54, 1.807) is 30.3 Å². The minimum absolute atomic E-state index is 0.0498. The molecule has 0 radical (unpaired) electrons. The van der Waals surface area contributed by atoms with E-state index in [4.69, 9.17) is 17.3 Å². The van der Waals surface area contributed by atoms with Crippen LogP contribution >= 0.6 is 11.6 Å². The van der Waals surface area contributed by atoms with Gasteiger partial charge in [-0.2, -0.15) is 17.5 Å². The quantitative estimate of drug-likeness (QED) is 0.187. The Labute approximate surface area is 275 Å². The first kappa shape index (κ1) is 34.5. The van der Waals surface area contributed by atoms with Crippen molar-refractivity contribution in [3.63, 3.8) is 0 Å². The van der Waals surface area contributed by atoms with E-state index in [0.29, 0.717) is 29.9 Å². The molecular formula is C33H32ClF4N5O3S. The van der Waals surface area contributed by atoms with Crippen LogP contribution in [0.2, 0.25) is 5.02 Å². The molecule has 0 bridgehead atoms. The van der Waals surface area contributed by atoms with E-state index >= 15 is 4.39 Å². The molecule has 14 heteroatoms. The molecule has 0 unspecified atom stereocenters. The number of nitrogens with two attached hydrogens (primary N) is 1. The van der Waals surface area contributed by atoms with Crippen LogP contribution in [0.5, 0.6) is 0 Å². The minimum atomic E-state index is -4.68. The van der Waals surface area contributed by atoms with Gasteiger partial charge in [0.05, 0.1) is 16.5 Å². The fourth-order valence-electron chi connectivity index (χ4n) is 5.70. The average molecular weight is 690 g/mol. The number of carbonyl (C=O) groups is 1. The van der Waals surface area contributed by atoms with Gasteiger partial charge in [-0.25, -0.2) is 12.8 Å². The first-order valence-corrected chi connectivity index (χ1v) is 16.6. The van der Waals surface area contributed by atoms with Gasteiger partial charge < -0.3 is 16.4 Å². The minimum Gasteiger partial charge on any atom is -0.324 e. The molecule has 0 aliphatic carbocycles. The molecule has 3 atom stereocenters. The number of aromatic nitrogens is 1. The van der Waals surface area contributed by atoms with Crippen molar-refractivity contribution in [2.45, 2.75) is 41.9 Å². The Morgan fingerprint density at radius 3 is 2.47 bits per heavy atom. The van der Waals surface area contributed by atoms with E-state index in [9.17, 15) is 26.4 Å². The van der Waals surface area contributed by atoms with Gasteiger partial charge in [-0.1, -0.05) is 48.0 Å². The molecule has 3 aromatic carbocycles. The first-order chi connectivity index (χ1) is 22.4. The molecule has 2 heterocycles. The number of pyridine rings is 1. The van der Waals surface area contributed by atoms with Crippen molar-refractivity contribution in [2.24, 2.45) is 5.73 Å². The number of amides is 1. The van der Waals surface area contributed by atoms with E-state index in [1.807, 2.05) is 0 Å². The second kappa shape index (κ2) is 14.5. The molecule has 0 saturated carbocycles. The van der Waals surface area contributed by atoms with Crippen LogP contribution in [0.1, 0.15) is 34.6 Å². The van der Waals surface area contributed by atoms with E-state index in [0.717, 1.165) is 6.07 Å². The third-order valence-electron chi connectivity index (χ3n) is 8.09. The Morgan fingerprint density at radius 2 is 1.77 bits per heavy atom. The van der Waals surface area contributed by atoms with E-state index in [1.165, 1.54) is 53.0 Å². The summed E-state index contributed by atoms with van der Waals surface area (Å²) in [6.45, 7) is 1.03. The Balaban J connectivity index is 1.39.